The molecule has 4 rings (SSSR count). The van der Waals surface area contributed by atoms with Crippen LogP contribution in [0.2, 0.25) is 0 Å². The number of nitrogens with zero attached hydrogens (tertiary/aromatic N) is 4. The summed E-state index contributed by atoms with van der Waals surface area (Å²) in [6, 6.07) is 8.72. The van der Waals surface area contributed by atoms with E-state index >= 15 is 0 Å². The minimum absolute atomic E-state index is 0.107. The zero-order chi connectivity index (χ0) is 19.9. The van der Waals surface area contributed by atoms with Crippen LogP contribution in [0, 0.1) is 5.92 Å². The van der Waals surface area contributed by atoms with Crippen LogP contribution in [0.3, 0.4) is 0 Å². The van der Waals surface area contributed by atoms with Crippen molar-refractivity contribution in [2.45, 2.75) is 44.8 Å². The quantitative estimate of drug-likeness (QED) is 0.817. The number of amides is 1. The zero-order valence-electron chi connectivity index (χ0n) is 17.0. The standard InChI is InChI=1S/C23H31N5O/c29-23(26-16-20-3-1-9-25-15-20)21-4-2-12-28(18-21)22-7-13-27(14-8-22)17-19-5-10-24-11-6-19/h1,3,5-6,9-11,15,21-22H,2,4,7-8,12-14,16-18H2,(H,26,29). The van der Waals surface area contributed by atoms with Crippen LogP contribution in [0.15, 0.2) is 49.1 Å². The van der Waals surface area contributed by atoms with Gasteiger partial charge in [-0.25, -0.2) is 0 Å². The molecular weight excluding hydrogens is 362 g/mol. The molecule has 0 bridgehead atoms. The molecule has 1 N–H and O–H groups in total. The molecule has 2 aromatic rings. The second kappa shape index (κ2) is 9.94. The molecule has 0 aliphatic carbocycles. The minimum atomic E-state index is 0.107. The molecule has 0 aromatic carbocycles. The highest BCUT2D eigenvalue weighted by atomic mass is 16.1. The van der Waals surface area contributed by atoms with Crippen molar-refractivity contribution in [3.05, 3.63) is 60.2 Å². The first-order chi connectivity index (χ1) is 14.3. The van der Waals surface area contributed by atoms with Crippen molar-refractivity contribution in [3.63, 3.8) is 0 Å². The predicted octanol–water partition coefficient (Wildman–Crippen LogP) is 2.47. The molecule has 0 saturated carbocycles. The van der Waals surface area contributed by atoms with Gasteiger partial charge in [0.2, 0.25) is 5.91 Å². The summed E-state index contributed by atoms with van der Waals surface area (Å²) in [5.41, 5.74) is 2.39. The Balaban J connectivity index is 1.23. The van der Waals surface area contributed by atoms with Crippen molar-refractivity contribution in [1.29, 1.82) is 0 Å². The van der Waals surface area contributed by atoms with Gasteiger partial charge in [0.1, 0.15) is 0 Å². The molecule has 1 amide bonds. The van der Waals surface area contributed by atoms with Gasteiger partial charge in [-0.05, 0) is 74.6 Å². The van der Waals surface area contributed by atoms with Crippen molar-refractivity contribution in [3.8, 4) is 0 Å². The van der Waals surface area contributed by atoms with Gasteiger partial charge in [0.15, 0.2) is 0 Å². The van der Waals surface area contributed by atoms with Crippen molar-refractivity contribution >= 4 is 5.91 Å². The molecule has 154 valence electrons. The van der Waals surface area contributed by atoms with E-state index in [1.807, 2.05) is 30.7 Å². The summed E-state index contributed by atoms with van der Waals surface area (Å²) in [6.45, 7) is 5.85. The second-order valence-corrected chi connectivity index (χ2v) is 8.28. The first kappa shape index (κ1) is 20.0. The molecule has 6 heteroatoms. The van der Waals surface area contributed by atoms with Gasteiger partial charge in [-0.3, -0.25) is 24.6 Å². The summed E-state index contributed by atoms with van der Waals surface area (Å²) in [5, 5.41) is 3.11. The smallest absolute Gasteiger partial charge is 0.224 e. The molecule has 2 aromatic heterocycles. The first-order valence-corrected chi connectivity index (χ1v) is 10.8. The van der Waals surface area contributed by atoms with Crippen molar-refractivity contribution in [2.75, 3.05) is 26.2 Å². The summed E-state index contributed by atoms with van der Waals surface area (Å²) >= 11 is 0. The van der Waals surface area contributed by atoms with Crippen LogP contribution in [-0.2, 0) is 17.9 Å². The van der Waals surface area contributed by atoms with Crippen LogP contribution in [-0.4, -0.2) is 57.9 Å². The molecular formula is C23H31N5O. The van der Waals surface area contributed by atoms with E-state index in [-0.39, 0.29) is 11.8 Å². The molecule has 2 aliphatic rings. The highest BCUT2D eigenvalue weighted by Gasteiger charge is 2.31. The largest absolute Gasteiger partial charge is 0.352 e. The van der Waals surface area contributed by atoms with Gasteiger partial charge in [0.05, 0.1) is 5.92 Å². The summed E-state index contributed by atoms with van der Waals surface area (Å²) in [7, 11) is 0. The number of hydrogen-bond donors (Lipinski definition) is 1. The molecule has 0 radical (unpaired) electrons. The van der Waals surface area contributed by atoms with Gasteiger partial charge in [-0.2, -0.15) is 0 Å². The number of pyridine rings is 2. The van der Waals surface area contributed by atoms with E-state index in [1.54, 1.807) is 6.20 Å². The minimum Gasteiger partial charge on any atom is -0.352 e. The Morgan fingerprint density at radius 1 is 1.00 bits per heavy atom. The van der Waals surface area contributed by atoms with Crippen LogP contribution in [0.5, 0.6) is 0 Å². The Bertz CT molecular complexity index is 761. The van der Waals surface area contributed by atoms with Crippen LogP contribution in [0.25, 0.3) is 0 Å². The van der Waals surface area contributed by atoms with Crippen LogP contribution in [0.4, 0.5) is 0 Å². The Morgan fingerprint density at radius 3 is 2.59 bits per heavy atom. The third-order valence-electron chi connectivity index (χ3n) is 6.24. The van der Waals surface area contributed by atoms with E-state index in [0.717, 1.165) is 51.1 Å². The fraction of sp³-hybridized carbons (Fsp3) is 0.522. The van der Waals surface area contributed by atoms with Gasteiger partial charge in [-0.15, -0.1) is 0 Å². The van der Waals surface area contributed by atoms with E-state index < -0.39 is 0 Å². The number of hydrogen-bond acceptors (Lipinski definition) is 5. The van der Waals surface area contributed by atoms with Crippen molar-refractivity contribution < 1.29 is 4.79 Å². The molecule has 29 heavy (non-hydrogen) atoms. The molecule has 4 heterocycles. The van der Waals surface area contributed by atoms with Crippen LogP contribution >= 0.6 is 0 Å². The fourth-order valence-electron chi connectivity index (χ4n) is 4.58. The topological polar surface area (TPSA) is 61.4 Å². The van der Waals surface area contributed by atoms with Crippen LogP contribution < -0.4 is 5.32 Å². The lowest BCUT2D eigenvalue weighted by Gasteiger charge is -2.42. The summed E-state index contributed by atoms with van der Waals surface area (Å²) in [4.78, 5) is 26.0. The number of nitrogens with one attached hydrogen (secondary N) is 1. The molecule has 2 aliphatic heterocycles. The average Bonchev–Trinajstić information content (AvgIpc) is 2.79. The lowest BCUT2D eigenvalue weighted by Crippen LogP contribution is -2.50. The van der Waals surface area contributed by atoms with Gasteiger partial charge in [0.25, 0.3) is 0 Å². The Labute approximate surface area is 173 Å². The van der Waals surface area contributed by atoms with E-state index in [4.69, 9.17) is 0 Å². The van der Waals surface area contributed by atoms with Gasteiger partial charge in [-0.1, -0.05) is 6.07 Å². The lowest BCUT2D eigenvalue weighted by molar-refractivity contribution is -0.127. The second-order valence-electron chi connectivity index (χ2n) is 8.28. The summed E-state index contributed by atoms with van der Waals surface area (Å²) < 4.78 is 0. The third-order valence-corrected chi connectivity index (χ3v) is 6.24. The maximum atomic E-state index is 12.7. The summed E-state index contributed by atoms with van der Waals surface area (Å²) in [5.74, 6) is 0.295. The molecule has 0 spiro atoms. The van der Waals surface area contributed by atoms with E-state index in [0.29, 0.717) is 12.6 Å². The number of aromatic nitrogens is 2. The number of likely N-dealkylation sites (tertiary alicyclic amines) is 2. The first-order valence-electron chi connectivity index (χ1n) is 10.8. The summed E-state index contributed by atoms with van der Waals surface area (Å²) in [6.07, 6.45) is 11.8. The highest BCUT2D eigenvalue weighted by molar-refractivity contribution is 5.78. The van der Waals surface area contributed by atoms with E-state index in [1.165, 1.54) is 18.4 Å². The molecule has 2 saturated heterocycles. The Kier molecular flexibility index (Phi) is 6.85. The van der Waals surface area contributed by atoms with Crippen molar-refractivity contribution in [2.24, 2.45) is 5.92 Å². The predicted molar refractivity (Wildman–Crippen MR) is 113 cm³/mol. The van der Waals surface area contributed by atoms with E-state index in [2.05, 4.69) is 37.2 Å². The Morgan fingerprint density at radius 2 is 1.83 bits per heavy atom. The molecule has 1 atom stereocenters. The number of carbonyl (C=O) groups is 1. The van der Waals surface area contributed by atoms with Gasteiger partial charge in [0, 0.05) is 50.5 Å². The number of piperidine rings is 2. The van der Waals surface area contributed by atoms with Crippen LogP contribution in [0.1, 0.15) is 36.8 Å². The number of rotatable bonds is 6. The number of carbonyl (C=O) groups excluding carboxylic acids is 1. The molecule has 1 unspecified atom stereocenters. The highest BCUT2D eigenvalue weighted by Crippen LogP contribution is 2.24. The Hall–Kier alpha value is -2.31. The fourth-order valence-corrected chi connectivity index (χ4v) is 4.58. The third kappa shape index (κ3) is 5.61. The average molecular weight is 394 g/mol. The van der Waals surface area contributed by atoms with Gasteiger partial charge >= 0.3 is 0 Å². The lowest BCUT2D eigenvalue weighted by atomic mass is 9.93. The normalized spacial score (nSPS) is 21.7. The molecule has 6 nitrogen and oxygen atoms in total. The zero-order valence-corrected chi connectivity index (χ0v) is 17.0. The molecule has 2 fully saturated rings. The SMILES string of the molecule is O=C(NCc1cccnc1)C1CCCN(C2CCN(Cc3ccncc3)CC2)C1. The van der Waals surface area contributed by atoms with Gasteiger partial charge < -0.3 is 5.32 Å². The maximum absolute atomic E-state index is 12.7. The van der Waals surface area contributed by atoms with E-state index in [9.17, 15) is 4.79 Å². The maximum Gasteiger partial charge on any atom is 0.224 e. The van der Waals surface area contributed by atoms with Crippen molar-refractivity contribution in [1.82, 2.24) is 25.1 Å². The monoisotopic (exact) mass is 393 g/mol.